The Morgan fingerprint density at radius 2 is 1.59 bits per heavy atom. The fraction of sp³-hybridized carbons (Fsp3) is 0.414. The van der Waals surface area contributed by atoms with Gasteiger partial charge in [-0.15, -0.1) is 11.8 Å². The zero-order chi connectivity index (χ0) is 26.0. The van der Waals surface area contributed by atoms with Crippen molar-refractivity contribution in [2.24, 2.45) is 12.5 Å². The van der Waals surface area contributed by atoms with Gasteiger partial charge in [0.05, 0.1) is 0 Å². The molecular formula is C29H34N4O3S. The Bertz CT molecular complexity index is 1300. The van der Waals surface area contributed by atoms with Crippen LogP contribution < -0.4 is 5.32 Å². The minimum absolute atomic E-state index is 0.00971. The SMILES string of the molecule is CC(=O)NC(CSc1ccccc1)C(=O)N1CCC2(CCN(C(=O)c3cc4ccccc4n3C)CC2)C1. The molecule has 2 aromatic carbocycles. The standard InChI is InChI=1S/C29H34N4O3S/c1-21(34)30-24(19-37-23-9-4-3-5-10-23)27(35)33-17-14-29(20-33)12-15-32(16-13-29)28(36)26-18-22-8-6-7-11-25(22)31(26)2/h3-11,18,24H,12-17,19-20H2,1-2H3,(H,30,34). The number of likely N-dealkylation sites (tertiary alicyclic amines) is 2. The summed E-state index contributed by atoms with van der Waals surface area (Å²) in [5.41, 5.74) is 1.82. The van der Waals surface area contributed by atoms with E-state index in [-0.39, 0.29) is 23.1 Å². The second kappa shape index (κ2) is 10.6. The number of piperidine rings is 1. The fourth-order valence-corrected chi connectivity index (χ4v) is 6.64. The highest BCUT2D eigenvalue weighted by Gasteiger charge is 2.44. The van der Waals surface area contributed by atoms with Crippen molar-refractivity contribution in [3.05, 3.63) is 66.4 Å². The number of fused-ring (bicyclic) bond motifs is 1. The average Bonchev–Trinajstić information content (AvgIpc) is 3.48. The van der Waals surface area contributed by atoms with Gasteiger partial charge in [0.2, 0.25) is 11.8 Å². The average molecular weight is 519 g/mol. The lowest BCUT2D eigenvalue weighted by Crippen LogP contribution is -2.50. The summed E-state index contributed by atoms with van der Waals surface area (Å²) in [5, 5.41) is 3.94. The smallest absolute Gasteiger partial charge is 0.270 e. The van der Waals surface area contributed by atoms with Crippen molar-refractivity contribution in [2.75, 3.05) is 31.9 Å². The van der Waals surface area contributed by atoms with E-state index in [9.17, 15) is 14.4 Å². The first-order valence-corrected chi connectivity index (χ1v) is 13.9. The van der Waals surface area contributed by atoms with Crippen LogP contribution in [0.3, 0.4) is 0 Å². The number of carbonyl (C=O) groups excluding carboxylic acids is 3. The van der Waals surface area contributed by atoms with Gasteiger partial charge < -0.3 is 19.7 Å². The van der Waals surface area contributed by atoms with Gasteiger partial charge in [-0.2, -0.15) is 0 Å². The number of aromatic nitrogens is 1. The summed E-state index contributed by atoms with van der Waals surface area (Å²) in [6, 6.07) is 19.4. The van der Waals surface area contributed by atoms with E-state index in [0.717, 1.165) is 40.8 Å². The number of aryl methyl sites for hydroxylation is 1. The summed E-state index contributed by atoms with van der Waals surface area (Å²) in [4.78, 5) is 43.6. The van der Waals surface area contributed by atoms with Crippen LogP contribution in [0.5, 0.6) is 0 Å². The van der Waals surface area contributed by atoms with Crippen LogP contribution in [-0.2, 0) is 16.6 Å². The van der Waals surface area contributed by atoms with E-state index in [1.807, 2.05) is 82.1 Å². The zero-order valence-corrected chi connectivity index (χ0v) is 22.3. The maximum absolute atomic E-state index is 13.4. The molecule has 37 heavy (non-hydrogen) atoms. The fourth-order valence-electron chi connectivity index (χ4n) is 5.71. The largest absolute Gasteiger partial charge is 0.344 e. The predicted octanol–water partition coefficient (Wildman–Crippen LogP) is 3.93. The predicted molar refractivity (Wildman–Crippen MR) is 146 cm³/mol. The summed E-state index contributed by atoms with van der Waals surface area (Å²) in [7, 11) is 1.95. The molecule has 0 bridgehead atoms. The lowest BCUT2D eigenvalue weighted by atomic mass is 9.77. The Labute approximate surface area is 222 Å². The molecule has 2 aliphatic rings. The molecule has 194 valence electrons. The molecule has 1 atom stereocenters. The number of para-hydroxylation sites is 1. The number of carbonyl (C=O) groups is 3. The molecule has 2 saturated heterocycles. The molecule has 1 N–H and O–H groups in total. The Balaban J connectivity index is 1.20. The molecule has 3 heterocycles. The quantitative estimate of drug-likeness (QED) is 0.502. The molecule has 2 aliphatic heterocycles. The lowest BCUT2D eigenvalue weighted by Gasteiger charge is -2.39. The van der Waals surface area contributed by atoms with Gasteiger partial charge in [-0.25, -0.2) is 0 Å². The number of hydrogen-bond acceptors (Lipinski definition) is 4. The third kappa shape index (κ3) is 5.39. The molecule has 0 radical (unpaired) electrons. The number of nitrogens with one attached hydrogen (secondary N) is 1. The van der Waals surface area contributed by atoms with Crippen LogP contribution in [0.4, 0.5) is 0 Å². The van der Waals surface area contributed by atoms with E-state index in [1.165, 1.54) is 6.92 Å². The summed E-state index contributed by atoms with van der Waals surface area (Å²) in [6.07, 6.45) is 2.71. The molecule has 8 heteroatoms. The van der Waals surface area contributed by atoms with Crippen molar-refractivity contribution in [1.82, 2.24) is 19.7 Å². The van der Waals surface area contributed by atoms with Gasteiger partial charge in [0.1, 0.15) is 11.7 Å². The molecule has 2 fully saturated rings. The van der Waals surface area contributed by atoms with Crippen molar-refractivity contribution in [2.45, 2.75) is 37.1 Å². The zero-order valence-electron chi connectivity index (χ0n) is 21.5. The molecule has 3 aromatic rings. The van der Waals surface area contributed by atoms with Crippen LogP contribution in [0.15, 0.2) is 65.6 Å². The van der Waals surface area contributed by atoms with Gasteiger partial charge in [0.15, 0.2) is 0 Å². The Kier molecular flexibility index (Phi) is 7.29. The molecular weight excluding hydrogens is 484 g/mol. The van der Waals surface area contributed by atoms with Gasteiger partial charge in [-0.3, -0.25) is 14.4 Å². The molecule has 5 rings (SSSR count). The van der Waals surface area contributed by atoms with Crippen molar-refractivity contribution < 1.29 is 14.4 Å². The normalized spacial score (nSPS) is 17.8. The van der Waals surface area contributed by atoms with E-state index in [0.29, 0.717) is 31.9 Å². The molecule has 0 saturated carbocycles. The van der Waals surface area contributed by atoms with Crippen molar-refractivity contribution >= 4 is 40.4 Å². The highest BCUT2D eigenvalue weighted by Crippen LogP contribution is 2.41. The topological polar surface area (TPSA) is 74.7 Å². The molecule has 3 amide bonds. The van der Waals surface area contributed by atoms with Crippen LogP contribution in [0, 0.1) is 5.41 Å². The Morgan fingerprint density at radius 3 is 2.27 bits per heavy atom. The van der Waals surface area contributed by atoms with Crippen LogP contribution in [0.1, 0.15) is 36.7 Å². The van der Waals surface area contributed by atoms with Gasteiger partial charge in [0, 0.05) is 61.7 Å². The highest BCUT2D eigenvalue weighted by molar-refractivity contribution is 7.99. The molecule has 1 unspecified atom stereocenters. The Morgan fingerprint density at radius 1 is 0.946 bits per heavy atom. The molecule has 1 spiro atoms. The summed E-state index contributed by atoms with van der Waals surface area (Å²) < 4.78 is 1.98. The summed E-state index contributed by atoms with van der Waals surface area (Å²) in [5.74, 6) is 0.368. The van der Waals surface area contributed by atoms with Gasteiger partial charge in [-0.05, 0) is 48.9 Å². The van der Waals surface area contributed by atoms with Crippen molar-refractivity contribution in [1.29, 1.82) is 0 Å². The maximum atomic E-state index is 13.4. The van der Waals surface area contributed by atoms with E-state index in [2.05, 4.69) is 5.32 Å². The number of nitrogens with zero attached hydrogens (tertiary/aromatic N) is 3. The second-order valence-corrected chi connectivity index (χ2v) is 11.4. The number of hydrogen-bond donors (Lipinski definition) is 1. The van der Waals surface area contributed by atoms with Gasteiger partial charge >= 0.3 is 0 Å². The molecule has 0 aliphatic carbocycles. The van der Waals surface area contributed by atoms with Crippen LogP contribution in [-0.4, -0.2) is 70.1 Å². The highest BCUT2D eigenvalue weighted by atomic mass is 32.2. The first-order chi connectivity index (χ1) is 17.8. The van der Waals surface area contributed by atoms with Crippen LogP contribution in [0.25, 0.3) is 10.9 Å². The second-order valence-electron chi connectivity index (χ2n) is 10.3. The lowest BCUT2D eigenvalue weighted by molar-refractivity contribution is -0.135. The third-order valence-corrected chi connectivity index (χ3v) is 8.97. The first kappa shape index (κ1) is 25.4. The van der Waals surface area contributed by atoms with Crippen molar-refractivity contribution in [3.8, 4) is 0 Å². The van der Waals surface area contributed by atoms with Crippen molar-refractivity contribution in [3.63, 3.8) is 0 Å². The van der Waals surface area contributed by atoms with Crippen LogP contribution in [0.2, 0.25) is 0 Å². The minimum Gasteiger partial charge on any atom is -0.344 e. The third-order valence-electron chi connectivity index (χ3n) is 7.87. The molecule has 1 aromatic heterocycles. The van der Waals surface area contributed by atoms with E-state index in [4.69, 9.17) is 0 Å². The van der Waals surface area contributed by atoms with E-state index >= 15 is 0 Å². The van der Waals surface area contributed by atoms with Gasteiger partial charge in [0.25, 0.3) is 5.91 Å². The monoisotopic (exact) mass is 518 g/mol. The minimum atomic E-state index is -0.550. The molecule has 7 nitrogen and oxygen atoms in total. The first-order valence-electron chi connectivity index (χ1n) is 12.9. The van der Waals surface area contributed by atoms with Gasteiger partial charge in [-0.1, -0.05) is 36.4 Å². The number of benzene rings is 2. The van der Waals surface area contributed by atoms with Crippen LogP contribution >= 0.6 is 11.8 Å². The number of amides is 3. The Hall–Kier alpha value is -3.26. The van der Waals surface area contributed by atoms with E-state index in [1.54, 1.807) is 11.8 Å². The van der Waals surface area contributed by atoms with E-state index < -0.39 is 6.04 Å². The summed E-state index contributed by atoms with van der Waals surface area (Å²) in [6.45, 7) is 4.24. The maximum Gasteiger partial charge on any atom is 0.270 e. The summed E-state index contributed by atoms with van der Waals surface area (Å²) >= 11 is 1.58. The number of thioether (sulfide) groups is 1. The number of rotatable bonds is 6.